The largest absolute Gasteiger partial charge is 0.497 e. The van der Waals surface area contributed by atoms with Gasteiger partial charge in [0.05, 0.1) is 12.8 Å². The van der Waals surface area contributed by atoms with Gasteiger partial charge >= 0.3 is 6.09 Å². The molecule has 0 spiro atoms. The molecule has 6 nitrogen and oxygen atoms in total. The number of hydrogen-bond donors (Lipinski definition) is 1. The van der Waals surface area contributed by atoms with E-state index < -0.39 is 5.60 Å². The van der Waals surface area contributed by atoms with Crippen molar-refractivity contribution in [2.45, 2.75) is 45.6 Å². The van der Waals surface area contributed by atoms with Crippen LogP contribution in [-0.2, 0) is 11.2 Å². The minimum Gasteiger partial charge on any atom is -0.497 e. The number of aromatic amines is 1. The molecule has 1 aliphatic carbocycles. The average Bonchev–Trinajstić information content (AvgIpc) is 3.17. The summed E-state index contributed by atoms with van der Waals surface area (Å²) in [5.41, 5.74) is 3.09. The molecular weight excluding hydrogens is 368 g/mol. The molecule has 1 aromatic heterocycles. The van der Waals surface area contributed by atoms with Gasteiger partial charge in [0.25, 0.3) is 0 Å². The van der Waals surface area contributed by atoms with E-state index in [0.717, 1.165) is 40.6 Å². The van der Waals surface area contributed by atoms with Crippen molar-refractivity contribution in [3.63, 3.8) is 0 Å². The van der Waals surface area contributed by atoms with Crippen molar-refractivity contribution in [2.24, 2.45) is 5.92 Å². The highest BCUT2D eigenvalue weighted by Crippen LogP contribution is 2.35. The van der Waals surface area contributed by atoms with E-state index in [9.17, 15) is 9.59 Å². The Hall–Kier alpha value is -2.76. The molecule has 1 N–H and O–H groups in total. The normalized spacial score (nSPS) is 19.1. The molecule has 1 aromatic carbocycles. The van der Waals surface area contributed by atoms with Crippen LogP contribution in [-0.4, -0.2) is 47.6 Å². The molecule has 4 rings (SSSR count). The van der Waals surface area contributed by atoms with Crippen LogP contribution in [0.15, 0.2) is 29.8 Å². The minimum absolute atomic E-state index is 0.0877. The van der Waals surface area contributed by atoms with Gasteiger partial charge in [-0.05, 0) is 57.2 Å². The zero-order valence-electron chi connectivity index (χ0n) is 17.5. The molecule has 2 heterocycles. The topological polar surface area (TPSA) is 71.6 Å². The Morgan fingerprint density at radius 1 is 1.24 bits per heavy atom. The third-order valence-corrected chi connectivity index (χ3v) is 5.63. The van der Waals surface area contributed by atoms with E-state index in [1.54, 1.807) is 12.0 Å². The summed E-state index contributed by atoms with van der Waals surface area (Å²) in [6.07, 6.45) is 4.23. The zero-order chi connectivity index (χ0) is 20.8. The van der Waals surface area contributed by atoms with Crippen LogP contribution in [0.5, 0.6) is 5.75 Å². The molecule has 6 heteroatoms. The van der Waals surface area contributed by atoms with Crippen LogP contribution < -0.4 is 4.74 Å². The van der Waals surface area contributed by atoms with Crippen LogP contribution in [0.2, 0.25) is 0 Å². The third-order valence-electron chi connectivity index (χ3n) is 5.63. The predicted octanol–water partition coefficient (Wildman–Crippen LogP) is 4.49. The summed E-state index contributed by atoms with van der Waals surface area (Å²) in [6.45, 7) is 6.95. The lowest BCUT2D eigenvalue weighted by Crippen LogP contribution is -2.41. The number of aromatic nitrogens is 1. The fourth-order valence-electron chi connectivity index (χ4n) is 4.16. The van der Waals surface area contributed by atoms with Gasteiger partial charge in [0, 0.05) is 42.1 Å². The molecule has 2 aliphatic rings. The summed E-state index contributed by atoms with van der Waals surface area (Å²) in [5, 5.41) is 1.08. The number of nitrogens with zero attached hydrogens (tertiary/aromatic N) is 1. The molecule has 29 heavy (non-hydrogen) atoms. The van der Waals surface area contributed by atoms with Crippen LogP contribution in [0.25, 0.3) is 10.9 Å². The van der Waals surface area contributed by atoms with Gasteiger partial charge in [0.2, 0.25) is 5.78 Å². The van der Waals surface area contributed by atoms with Crippen molar-refractivity contribution in [1.82, 2.24) is 9.88 Å². The molecule has 0 radical (unpaired) electrons. The monoisotopic (exact) mass is 396 g/mol. The lowest BCUT2D eigenvalue weighted by Gasteiger charge is -2.32. The van der Waals surface area contributed by atoms with Gasteiger partial charge in [-0.25, -0.2) is 4.79 Å². The summed E-state index contributed by atoms with van der Waals surface area (Å²) in [6, 6.07) is 5.87. The number of nitrogens with one attached hydrogen (secondary N) is 1. The van der Waals surface area contributed by atoms with E-state index in [4.69, 9.17) is 9.47 Å². The minimum atomic E-state index is -0.480. The second-order valence-corrected chi connectivity index (χ2v) is 8.89. The van der Waals surface area contributed by atoms with Gasteiger partial charge in [0.1, 0.15) is 11.4 Å². The Labute approximate surface area is 170 Å². The Kier molecular flexibility index (Phi) is 4.89. The standard InChI is InChI=1S/C23H28N2O4/c1-23(2,3)29-22(27)25-9-7-14(8-10-25)11-15-12-18-17-6-5-16(28-4)13-19(17)24-20(18)21(15)26/h5-6,11,13-14,24H,7-10,12H2,1-4H3. The summed E-state index contributed by atoms with van der Waals surface area (Å²) < 4.78 is 10.7. The van der Waals surface area contributed by atoms with Crippen LogP contribution in [0.4, 0.5) is 4.79 Å². The van der Waals surface area contributed by atoms with Crippen molar-refractivity contribution < 1.29 is 19.1 Å². The summed E-state index contributed by atoms with van der Waals surface area (Å²) in [5.74, 6) is 1.17. The Balaban J connectivity index is 1.43. The van der Waals surface area contributed by atoms with E-state index in [2.05, 4.69) is 11.1 Å². The first-order valence-corrected chi connectivity index (χ1v) is 10.2. The molecule has 1 aliphatic heterocycles. The predicted molar refractivity (Wildman–Crippen MR) is 111 cm³/mol. The smallest absolute Gasteiger partial charge is 0.410 e. The van der Waals surface area contributed by atoms with Crippen molar-refractivity contribution >= 4 is 22.8 Å². The van der Waals surface area contributed by atoms with Crippen LogP contribution in [0.1, 0.15) is 49.7 Å². The lowest BCUT2D eigenvalue weighted by atomic mass is 9.93. The molecule has 1 saturated heterocycles. The summed E-state index contributed by atoms with van der Waals surface area (Å²) in [7, 11) is 1.64. The van der Waals surface area contributed by atoms with Crippen LogP contribution >= 0.6 is 0 Å². The SMILES string of the molecule is COc1ccc2c3c([nH]c2c1)C(=O)C(=CC1CCN(C(=O)OC(C)(C)C)CC1)C3. The Morgan fingerprint density at radius 2 is 1.97 bits per heavy atom. The van der Waals surface area contributed by atoms with Crippen LogP contribution in [0, 0.1) is 5.92 Å². The number of H-pyrrole nitrogens is 1. The molecule has 1 amide bonds. The number of fused-ring (bicyclic) bond motifs is 3. The number of benzene rings is 1. The number of rotatable bonds is 2. The van der Waals surface area contributed by atoms with Gasteiger partial charge in [0.15, 0.2) is 0 Å². The van der Waals surface area contributed by atoms with Crippen LogP contribution in [0.3, 0.4) is 0 Å². The fraction of sp³-hybridized carbons (Fsp3) is 0.478. The quantitative estimate of drug-likeness (QED) is 0.759. The van der Waals surface area contributed by atoms with E-state index in [1.807, 2.05) is 39.0 Å². The maximum atomic E-state index is 12.9. The van der Waals surface area contributed by atoms with Gasteiger partial charge in [-0.2, -0.15) is 0 Å². The first-order valence-electron chi connectivity index (χ1n) is 10.2. The molecule has 0 saturated carbocycles. The second-order valence-electron chi connectivity index (χ2n) is 8.89. The maximum absolute atomic E-state index is 12.9. The highest BCUT2D eigenvalue weighted by atomic mass is 16.6. The van der Waals surface area contributed by atoms with Crippen molar-refractivity contribution in [3.05, 3.63) is 41.1 Å². The van der Waals surface area contributed by atoms with E-state index >= 15 is 0 Å². The summed E-state index contributed by atoms with van der Waals surface area (Å²) in [4.78, 5) is 30.2. The molecule has 1 fully saturated rings. The molecule has 154 valence electrons. The molecule has 2 aromatic rings. The second kappa shape index (κ2) is 7.25. The third kappa shape index (κ3) is 3.88. The van der Waals surface area contributed by atoms with Gasteiger partial charge < -0.3 is 19.4 Å². The van der Waals surface area contributed by atoms with Crippen molar-refractivity contribution in [2.75, 3.05) is 20.2 Å². The molecular formula is C23H28N2O4. The lowest BCUT2D eigenvalue weighted by molar-refractivity contribution is 0.0197. The number of carbonyl (C=O) groups excluding carboxylic acids is 2. The number of methoxy groups -OCH3 is 1. The van der Waals surface area contributed by atoms with E-state index in [1.165, 1.54) is 0 Å². The van der Waals surface area contributed by atoms with Crippen molar-refractivity contribution in [3.8, 4) is 5.75 Å². The van der Waals surface area contributed by atoms with Crippen molar-refractivity contribution in [1.29, 1.82) is 0 Å². The van der Waals surface area contributed by atoms with E-state index in [-0.39, 0.29) is 11.9 Å². The Morgan fingerprint density at radius 3 is 2.62 bits per heavy atom. The zero-order valence-corrected chi connectivity index (χ0v) is 17.5. The average molecular weight is 396 g/mol. The number of ether oxygens (including phenoxy) is 2. The highest BCUT2D eigenvalue weighted by Gasteiger charge is 2.31. The number of carbonyl (C=O) groups is 2. The number of allylic oxidation sites excluding steroid dienone is 2. The molecule has 0 atom stereocenters. The maximum Gasteiger partial charge on any atom is 0.410 e. The Bertz CT molecular complexity index is 988. The molecule has 0 bridgehead atoms. The number of likely N-dealkylation sites (tertiary alicyclic amines) is 1. The highest BCUT2D eigenvalue weighted by molar-refractivity contribution is 6.15. The first-order chi connectivity index (χ1) is 13.7. The van der Waals surface area contributed by atoms with Gasteiger partial charge in [-0.3, -0.25) is 4.79 Å². The van der Waals surface area contributed by atoms with E-state index in [0.29, 0.717) is 31.1 Å². The first kappa shape index (κ1) is 19.6. The number of piperidine rings is 1. The number of Topliss-reactive ketones (excluding diaryl/α,β-unsaturated/α-hetero) is 1. The number of ketones is 1. The summed E-state index contributed by atoms with van der Waals surface area (Å²) >= 11 is 0. The van der Waals surface area contributed by atoms with Gasteiger partial charge in [-0.15, -0.1) is 0 Å². The van der Waals surface area contributed by atoms with Gasteiger partial charge in [-0.1, -0.05) is 6.08 Å². The molecule has 0 unspecified atom stereocenters. The number of hydrogen-bond acceptors (Lipinski definition) is 4. The number of amides is 1. The fourth-order valence-corrected chi connectivity index (χ4v) is 4.16.